The number of hydrogen-bond donors (Lipinski definition) is 1. The minimum absolute atomic E-state index is 0.0715. The molecule has 1 aliphatic carbocycles. The van der Waals surface area contributed by atoms with Crippen molar-refractivity contribution in [1.82, 2.24) is 4.98 Å². The zero-order valence-corrected chi connectivity index (χ0v) is 9.13. The van der Waals surface area contributed by atoms with Gasteiger partial charge in [-0.05, 0) is 25.0 Å². The minimum Gasteiger partial charge on any atom is -0.310 e. The number of hydrogen-bond acceptors (Lipinski definition) is 2. The van der Waals surface area contributed by atoms with Crippen LogP contribution in [-0.2, 0) is 4.79 Å². The van der Waals surface area contributed by atoms with Crippen LogP contribution in [0.5, 0.6) is 0 Å². The van der Waals surface area contributed by atoms with Crippen molar-refractivity contribution in [2.75, 3.05) is 5.32 Å². The summed E-state index contributed by atoms with van der Waals surface area (Å²) in [6, 6.07) is 5.21. The van der Waals surface area contributed by atoms with Gasteiger partial charge in [-0.1, -0.05) is 30.5 Å². The molecule has 15 heavy (non-hydrogen) atoms. The molecule has 0 aromatic carbocycles. The van der Waals surface area contributed by atoms with Crippen LogP contribution in [0.2, 0.25) is 5.15 Å². The van der Waals surface area contributed by atoms with E-state index in [2.05, 4.69) is 10.3 Å². The van der Waals surface area contributed by atoms with Gasteiger partial charge in [-0.2, -0.15) is 0 Å². The third-order valence-electron chi connectivity index (χ3n) is 2.69. The highest BCUT2D eigenvalue weighted by atomic mass is 35.5. The highest BCUT2D eigenvalue weighted by Gasteiger charge is 2.22. The van der Waals surface area contributed by atoms with Gasteiger partial charge in [0.15, 0.2) is 0 Å². The number of anilines is 1. The van der Waals surface area contributed by atoms with Gasteiger partial charge in [0.2, 0.25) is 5.91 Å². The van der Waals surface area contributed by atoms with Crippen LogP contribution in [0.25, 0.3) is 0 Å². The Morgan fingerprint density at radius 1 is 1.40 bits per heavy atom. The molecule has 1 aliphatic rings. The molecule has 0 bridgehead atoms. The summed E-state index contributed by atoms with van der Waals surface area (Å²) in [5.74, 6) is 0.771. The molecular weight excluding hydrogens is 212 g/mol. The summed E-state index contributed by atoms with van der Waals surface area (Å²) in [6.45, 7) is 0. The predicted molar refractivity (Wildman–Crippen MR) is 59.8 cm³/mol. The summed E-state index contributed by atoms with van der Waals surface area (Å²) in [5.41, 5.74) is 0. The van der Waals surface area contributed by atoms with Gasteiger partial charge >= 0.3 is 0 Å². The maximum atomic E-state index is 11.7. The zero-order valence-electron chi connectivity index (χ0n) is 8.37. The zero-order chi connectivity index (χ0) is 10.7. The average molecular weight is 225 g/mol. The van der Waals surface area contributed by atoms with Gasteiger partial charge in [-0.15, -0.1) is 0 Å². The highest BCUT2D eigenvalue weighted by Crippen LogP contribution is 2.25. The van der Waals surface area contributed by atoms with Gasteiger partial charge in [0.25, 0.3) is 0 Å². The molecule has 0 aliphatic heterocycles. The van der Waals surface area contributed by atoms with E-state index in [4.69, 9.17) is 11.6 Å². The molecule has 1 heterocycles. The Bertz CT molecular complexity index is 361. The lowest BCUT2D eigenvalue weighted by atomic mass is 10.1. The minimum atomic E-state index is 0.0715. The van der Waals surface area contributed by atoms with E-state index in [0.717, 1.165) is 25.7 Å². The van der Waals surface area contributed by atoms with Gasteiger partial charge in [0.05, 0.1) is 0 Å². The Kier molecular flexibility index (Phi) is 3.21. The first-order valence-corrected chi connectivity index (χ1v) is 5.57. The second kappa shape index (κ2) is 4.62. The van der Waals surface area contributed by atoms with Gasteiger partial charge in [-0.25, -0.2) is 4.98 Å². The summed E-state index contributed by atoms with van der Waals surface area (Å²) in [6.07, 6.45) is 4.29. The highest BCUT2D eigenvalue weighted by molar-refractivity contribution is 6.29. The molecule has 0 spiro atoms. The van der Waals surface area contributed by atoms with Gasteiger partial charge in [0, 0.05) is 5.92 Å². The molecule has 1 saturated carbocycles. The monoisotopic (exact) mass is 224 g/mol. The van der Waals surface area contributed by atoms with Crippen LogP contribution >= 0.6 is 11.6 Å². The topological polar surface area (TPSA) is 42.0 Å². The Balaban J connectivity index is 1.99. The Labute approximate surface area is 93.8 Å². The van der Waals surface area contributed by atoms with Crippen molar-refractivity contribution in [3.8, 4) is 0 Å². The van der Waals surface area contributed by atoms with Crippen LogP contribution in [0.4, 0.5) is 5.82 Å². The number of nitrogens with one attached hydrogen (secondary N) is 1. The largest absolute Gasteiger partial charge is 0.310 e. The van der Waals surface area contributed by atoms with Crippen molar-refractivity contribution >= 4 is 23.3 Å². The summed E-state index contributed by atoms with van der Waals surface area (Å²) < 4.78 is 0. The number of aromatic nitrogens is 1. The van der Waals surface area contributed by atoms with Crippen molar-refractivity contribution in [2.45, 2.75) is 25.7 Å². The Morgan fingerprint density at radius 3 is 2.80 bits per heavy atom. The molecule has 4 heteroatoms. The van der Waals surface area contributed by atoms with E-state index in [1.165, 1.54) is 0 Å². The third-order valence-corrected chi connectivity index (χ3v) is 2.90. The first-order chi connectivity index (χ1) is 7.25. The molecule has 0 saturated heterocycles. The van der Waals surface area contributed by atoms with Gasteiger partial charge < -0.3 is 5.32 Å². The van der Waals surface area contributed by atoms with E-state index < -0.39 is 0 Å². The molecule has 0 unspecified atom stereocenters. The lowest BCUT2D eigenvalue weighted by Gasteiger charge is -2.09. The first-order valence-electron chi connectivity index (χ1n) is 5.19. The van der Waals surface area contributed by atoms with E-state index in [-0.39, 0.29) is 11.8 Å². The fraction of sp³-hybridized carbons (Fsp3) is 0.455. The Hall–Kier alpha value is -1.09. The van der Waals surface area contributed by atoms with Crippen LogP contribution in [0, 0.1) is 5.92 Å². The van der Waals surface area contributed by atoms with Crippen LogP contribution < -0.4 is 5.32 Å². The molecule has 0 atom stereocenters. The summed E-state index contributed by atoms with van der Waals surface area (Å²) >= 11 is 5.73. The normalized spacial score (nSPS) is 16.6. The van der Waals surface area contributed by atoms with E-state index in [0.29, 0.717) is 11.0 Å². The van der Waals surface area contributed by atoms with E-state index in [9.17, 15) is 4.79 Å². The number of pyridine rings is 1. The molecule has 1 N–H and O–H groups in total. The molecule has 80 valence electrons. The molecule has 1 aromatic heterocycles. The van der Waals surface area contributed by atoms with Crippen LogP contribution in [0.1, 0.15) is 25.7 Å². The first kappa shape index (κ1) is 10.4. The quantitative estimate of drug-likeness (QED) is 0.785. The van der Waals surface area contributed by atoms with Crippen molar-refractivity contribution in [1.29, 1.82) is 0 Å². The fourth-order valence-electron chi connectivity index (χ4n) is 1.89. The fourth-order valence-corrected chi connectivity index (χ4v) is 2.06. The molecule has 2 rings (SSSR count). The lowest BCUT2D eigenvalue weighted by Crippen LogP contribution is -2.20. The summed E-state index contributed by atoms with van der Waals surface area (Å²) in [4.78, 5) is 15.7. The molecule has 1 aromatic rings. The lowest BCUT2D eigenvalue weighted by molar-refractivity contribution is -0.119. The molecule has 1 fully saturated rings. The molecular formula is C11H13ClN2O. The Morgan fingerprint density at radius 2 is 2.13 bits per heavy atom. The molecule has 0 radical (unpaired) electrons. The van der Waals surface area contributed by atoms with Crippen molar-refractivity contribution < 1.29 is 4.79 Å². The maximum Gasteiger partial charge on any atom is 0.228 e. The number of amides is 1. The van der Waals surface area contributed by atoms with Crippen LogP contribution in [0.3, 0.4) is 0 Å². The van der Waals surface area contributed by atoms with Crippen LogP contribution in [-0.4, -0.2) is 10.9 Å². The average Bonchev–Trinajstić information content (AvgIpc) is 2.70. The summed E-state index contributed by atoms with van der Waals surface area (Å²) in [7, 11) is 0. The predicted octanol–water partition coefficient (Wildman–Crippen LogP) is 2.86. The molecule has 1 amide bonds. The standard InChI is InChI=1S/C11H13ClN2O/c12-9-6-3-7-10(13-9)14-11(15)8-4-1-2-5-8/h3,6-8H,1-2,4-5H2,(H,13,14,15). The second-order valence-corrected chi connectivity index (χ2v) is 4.20. The number of rotatable bonds is 2. The van der Waals surface area contributed by atoms with E-state index in [1.807, 2.05) is 0 Å². The van der Waals surface area contributed by atoms with Crippen LogP contribution in [0.15, 0.2) is 18.2 Å². The van der Waals surface area contributed by atoms with Gasteiger partial charge in [0.1, 0.15) is 11.0 Å². The second-order valence-electron chi connectivity index (χ2n) is 3.82. The van der Waals surface area contributed by atoms with Crippen molar-refractivity contribution in [3.63, 3.8) is 0 Å². The summed E-state index contributed by atoms with van der Waals surface area (Å²) in [5, 5.41) is 3.19. The maximum absolute atomic E-state index is 11.7. The molecule has 3 nitrogen and oxygen atoms in total. The number of nitrogens with zero attached hydrogens (tertiary/aromatic N) is 1. The third kappa shape index (κ3) is 2.69. The SMILES string of the molecule is O=C(Nc1cccc(Cl)n1)C1CCCC1. The smallest absolute Gasteiger partial charge is 0.228 e. The van der Waals surface area contributed by atoms with Crippen molar-refractivity contribution in [3.05, 3.63) is 23.4 Å². The number of halogens is 1. The number of carbonyl (C=O) groups excluding carboxylic acids is 1. The van der Waals surface area contributed by atoms with E-state index in [1.54, 1.807) is 18.2 Å². The number of carbonyl (C=O) groups is 1. The van der Waals surface area contributed by atoms with Crippen molar-refractivity contribution in [2.24, 2.45) is 5.92 Å². The van der Waals surface area contributed by atoms with E-state index >= 15 is 0 Å². The van der Waals surface area contributed by atoms with Gasteiger partial charge in [-0.3, -0.25) is 4.79 Å².